The van der Waals surface area contributed by atoms with Crippen molar-refractivity contribution in [3.63, 3.8) is 0 Å². The Bertz CT molecular complexity index is 764. The van der Waals surface area contributed by atoms with E-state index in [-0.39, 0.29) is 5.02 Å². The monoisotopic (exact) mass is 288 g/mol. The molecule has 0 fully saturated rings. The maximum atomic E-state index is 13.2. The standard InChI is InChI=1S/C16H14ClFN2/c17-14-8-11(4-5-15(14)18)10-20-7-6-13-12(9-19)2-1-3-16(13)20/h1-8H,9-10,19H2. The molecule has 2 nitrogen and oxygen atoms in total. The second-order valence-electron chi connectivity index (χ2n) is 4.75. The molecule has 2 aromatic carbocycles. The van der Waals surface area contributed by atoms with Gasteiger partial charge in [-0.3, -0.25) is 0 Å². The number of benzene rings is 2. The van der Waals surface area contributed by atoms with Crippen molar-refractivity contribution in [3.05, 3.63) is 70.6 Å². The summed E-state index contributed by atoms with van der Waals surface area (Å²) in [4.78, 5) is 0. The van der Waals surface area contributed by atoms with Crippen LogP contribution in [0.4, 0.5) is 4.39 Å². The minimum atomic E-state index is -0.391. The van der Waals surface area contributed by atoms with Gasteiger partial charge in [-0.25, -0.2) is 4.39 Å². The van der Waals surface area contributed by atoms with Crippen LogP contribution in [0.25, 0.3) is 10.9 Å². The molecule has 0 saturated heterocycles. The van der Waals surface area contributed by atoms with Crippen LogP contribution in [0.3, 0.4) is 0 Å². The molecule has 1 heterocycles. The van der Waals surface area contributed by atoms with E-state index in [0.29, 0.717) is 13.1 Å². The molecule has 0 amide bonds. The van der Waals surface area contributed by atoms with E-state index in [1.807, 2.05) is 18.3 Å². The summed E-state index contributed by atoms with van der Waals surface area (Å²) in [7, 11) is 0. The minimum absolute atomic E-state index is 0.154. The molecule has 102 valence electrons. The molecule has 0 unspecified atom stereocenters. The first-order valence-corrected chi connectivity index (χ1v) is 6.77. The van der Waals surface area contributed by atoms with Crippen LogP contribution in [-0.4, -0.2) is 4.57 Å². The Balaban J connectivity index is 2.00. The Labute approximate surface area is 121 Å². The number of fused-ring (bicyclic) bond motifs is 1. The first kappa shape index (κ1) is 13.2. The van der Waals surface area contributed by atoms with Crippen molar-refractivity contribution in [1.82, 2.24) is 4.57 Å². The number of hydrogen-bond acceptors (Lipinski definition) is 1. The van der Waals surface area contributed by atoms with Crippen molar-refractivity contribution in [2.24, 2.45) is 5.73 Å². The van der Waals surface area contributed by atoms with Crippen LogP contribution < -0.4 is 5.73 Å². The van der Waals surface area contributed by atoms with E-state index in [9.17, 15) is 4.39 Å². The summed E-state index contributed by atoms with van der Waals surface area (Å²) in [5.74, 6) is -0.391. The third-order valence-electron chi connectivity index (χ3n) is 3.46. The summed E-state index contributed by atoms with van der Waals surface area (Å²) in [5.41, 5.74) is 8.95. The molecule has 0 radical (unpaired) electrons. The molecule has 3 aromatic rings. The molecule has 2 N–H and O–H groups in total. The second kappa shape index (κ2) is 5.27. The number of hydrogen-bond donors (Lipinski definition) is 1. The van der Waals surface area contributed by atoms with Crippen molar-refractivity contribution in [1.29, 1.82) is 0 Å². The van der Waals surface area contributed by atoms with Crippen LogP contribution in [-0.2, 0) is 13.1 Å². The molecule has 0 atom stereocenters. The maximum Gasteiger partial charge on any atom is 0.141 e. The summed E-state index contributed by atoms with van der Waals surface area (Å²) in [6.45, 7) is 1.17. The van der Waals surface area contributed by atoms with Crippen LogP contribution in [0.2, 0.25) is 5.02 Å². The lowest BCUT2D eigenvalue weighted by Crippen LogP contribution is -2.00. The summed E-state index contributed by atoms with van der Waals surface area (Å²) in [6.07, 6.45) is 2.01. The average Bonchev–Trinajstić information content (AvgIpc) is 2.86. The van der Waals surface area contributed by atoms with Crippen LogP contribution in [0.5, 0.6) is 0 Å². The third-order valence-corrected chi connectivity index (χ3v) is 3.75. The highest BCUT2D eigenvalue weighted by Crippen LogP contribution is 2.22. The molecule has 3 rings (SSSR count). The van der Waals surface area contributed by atoms with Crippen LogP contribution in [0.1, 0.15) is 11.1 Å². The van der Waals surface area contributed by atoms with E-state index >= 15 is 0 Å². The molecule has 20 heavy (non-hydrogen) atoms. The lowest BCUT2D eigenvalue weighted by molar-refractivity contribution is 0.627. The first-order chi connectivity index (χ1) is 9.69. The molecular formula is C16H14ClFN2. The minimum Gasteiger partial charge on any atom is -0.343 e. The van der Waals surface area contributed by atoms with Gasteiger partial charge in [0.1, 0.15) is 5.82 Å². The van der Waals surface area contributed by atoms with Gasteiger partial charge in [0.05, 0.1) is 5.02 Å². The number of rotatable bonds is 3. The van der Waals surface area contributed by atoms with E-state index in [4.69, 9.17) is 17.3 Å². The fraction of sp³-hybridized carbons (Fsp3) is 0.125. The van der Waals surface area contributed by atoms with Gasteiger partial charge >= 0.3 is 0 Å². The average molecular weight is 289 g/mol. The fourth-order valence-corrected chi connectivity index (χ4v) is 2.64. The number of aromatic nitrogens is 1. The van der Waals surface area contributed by atoms with Gasteiger partial charge in [-0.2, -0.15) is 0 Å². The van der Waals surface area contributed by atoms with Gasteiger partial charge in [-0.15, -0.1) is 0 Å². The molecule has 0 aliphatic rings. The van der Waals surface area contributed by atoms with Gasteiger partial charge in [0.15, 0.2) is 0 Å². The summed E-state index contributed by atoms with van der Waals surface area (Å²) >= 11 is 5.82. The molecule has 0 aliphatic carbocycles. The smallest absolute Gasteiger partial charge is 0.141 e. The zero-order valence-corrected chi connectivity index (χ0v) is 11.6. The maximum absolute atomic E-state index is 13.2. The first-order valence-electron chi connectivity index (χ1n) is 6.40. The SMILES string of the molecule is NCc1cccc2c1ccn2Cc1ccc(F)c(Cl)c1. The molecule has 0 aliphatic heterocycles. The van der Waals surface area contributed by atoms with Gasteiger partial charge in [0, 0.05) is 30.2 Å². The lowest BCUT2D eigenvalue weighted by Gasteiger charge is -2.07. The normalized spacial score (nSPS) is 11.2. The molecular weight excluding hydrogens is 275 g/mol. The van der Waals surface area contributed by atoms with Crippen molar-refractivity contribution in [2.75, 3.05) is 0 Å². The van der Waals surface area contributed by atoms with Crippen LogP contribution in [0, 0.1) is 5.82 Å². The number of halogens is 2. The zero-order chi connectivity index (χ0) is 14.1. The fourth-order valence-electron chi connectivity index (χ4n) is 2.44. The predicted octanol–water partition coefficient (Wildman–Crippen LogP) is 3.94. The summed E-state index contributed by atoms with van der Waals surface area (Å²) in [6, 6.07) is 13.0. The van der Waals surface area contributed by atoms with E-state index in [2.05, 4.69) is 16.7 Å². The van der Waals surface area contributed by atoms with Crippen molar-refractivity contribution in [2.45, 2.75) is 13.1 Å². The van der Waals surface area contributed by atoms with E-state index < -0.39 is 5.82 Å². The molecule has 4 heteroatoms. The highest BCUT2D eigenvalue weighted by molar-refractivity contribution is 6.30. The van der Waals surface area contributed by atoms with Gasteiger partial charge in [-0.05, 0) is 35.4 Å². The van der Waals surface area contributed by atoms with E-state index in [0.717, 1.165) is 22.0 Å². The van der Waals surface area contributed by atoms with Crippen molar-refractivity contribution >= 4 is 22.5 Å². The largest absolute Gasteiger partial charge is 0.343 e. The Hall–Kier alpha value is -1.84. The van der Waals surface area contributed by atoms with Crippen molar-refractivity contribution < 1.29 is 4.39 Å². The molecule has 1 aromatic heterocycles. The van der Waals surface area contributed by atoms with Gasteiger partial charge in [0.25, 0.3) is 0 Å². The molecule has 0 saturated carbocycles. The Morgan fingerprint density at radius 3 is 2.75 bits per heavy atom. The van der Waals surface area contributed by atoms with Gasteiger partial charge in [0.2, 0.25) is 0 Å². The zero-order valence-electron chi connectivity index (χ0n) is 10.8. The highest BCUT2D eigenvalue weighted by Gasteiger charge is 2.06. The van der Waals surface area contributed by atoms with Crippen molar-refractivity contribution in [3.8, 4) is 0 Å². The Kier molecular flexibility index (Phi) is 3.47. The summed E-state index contributed by atoms with van der Waals surface area (Å²) < 4.78 is 15.3. The second-order valence-corrected chi connectivity index (χ2v) is 5.15. The third kappa shape index (κ3) is 2.30. The quantitative estimate of drug-likeness (QED) is 0.777. The highest BCUT2D eigenvalue weighted by atomic mass is 35.5. The van der Waals surface area contributed by atoms with E-state index in [1.54, 1.807) is 12.1 Å². The van der Waals surface area contributed by atoms with Crippen LogP contribution >= 0.6 is 11.6 Å². The van der Waals surface area contributed by atoms with Crippen LogP contribution in [0.15, 0.2) is 48.7 Å². The Morgan fingerprint density at radius 2 is 2.00 bits per heavy atom. The number of nitrogens with zero attached hydrogens (tertiary/aromatic N) is 1. The lowest BCUT2D eigenvalue weighted by atomic mass is 10.1. The number of nitrogens with two attached hydrogens (primary N) is 1. The molecule has 0 spiro atoms. The molecule has 0 bridgehead atoms. The van der Waals surface area contributed by atoms with E-state index in [1.165, 1.54) is 6.07 Å². The Morgan fingerprint density at radius 1 is 1.15 bits per heavy atom. The van der Waals surface area contributed by atoms with Gasteiger partial charge in [-0.1, -0.05) is 29.8 Å². The topological polar surface area (TPSA) is 30.9 Å². The predicted molar refractivity (Wildman–Crippen MR) is 80.3 cm³/mol. The summed E-state index contributed by atoms with van der Waals surface area (Å²) in [5, 5.41) is 1.31. The van der Waals surface area contributed by atoms with Gasteiger partial charge < -0.3 is 10.3 Å².